The van der Waals surface area contributed by atoms with Crippen LogP contribution in [0.1, 0.15) is 25.0 Å². The van der Waals surface area contributed by atoms with E-state index in [-0.39, 0.29) is 0 Å². The highest BCUT2D eigenvalue weighted by molar-refractivity contribution is 7.80. The number of hydrogen-bond acceptors (Lipinski definition) is 2. The van der Waals surface area contributed by atoms with Crippen molar-refractivity contribution in [1.29, 1.82) is 0 Å². The average molecular weight is 288 g/mol. The molecule has 0 aliphatic rings. The van der Waals surface area contributed by atoms with Gasteiger partial charge in [-0.05, 0) is 43.3 Å². The third kappa shape index (κ3) is 4.06. The fraction of sp³-hybridized carbons (Fsp3) is 0.333. The fourth-order valence-corrected chi connectivity index (χ4v) is 2.04. The van der Waals surface area contributed by atoms with E-state index in [1.807, 2.05) is 29.2 Å². The van der Waals surface area contributed by atoms with E-state index in [1.54, 1.807) is 0 Å². The summed E-state index contributed by atoms with van der Waals surface area (Å²) in [7, 11) is 0. The monoisotopic (exact) mass is 288 g/mol. The predicted octanol–water partition coefficient (Wildman–Crippen LogP) is 2.95. The van der Waals surface area contributed by atoms with Crippen LogP contribution in [0.3, 0.4) is 0 Å². The molecule has 5 heteroatoms. The Morgan fingerprint density at radius 2 is 1.95 bits per heavy atom. The van der Waals surface area contributed by atoms with Crippen molar-refractivity contribution in [2.75, 3.05) is 5.32 Å². The van der Waals surface area contributed by atoms with E-state index in [9.17, 15) is 0 Å². The Labute approximate surface area is 125 Å². The van der Waals surface area contributed by atoms with Crippen molar-refractivity contribution in [2.45, 2.75) is 33.4 Å². The summed E-state index contributed by atoms with van der Waals surface area (Å²) in [6, 6.07) is 8.30. The first-order valence-corrected chi connectivity index (χ1v) is 7.27. The summed E-state index contributed by atoms with van der Waals surface area (Å²) in [5.74, 6) is 0. The van der Waals surface area contributed by atoms with Crippen LogP contribution in [0.5, 0.6) is 0 Å². The van der Waals surface area contributed by atoms with Gasteiger partial charge in [-0.15, -0.1) is 0 Å². The van der Waals surface area contributed by atoms with E-state index in [1.165, 1.54) is 5.56 Å². The maximum atomic E-state index is 5.28. The lowest BCUT2D eigenvalue weighted by Gasteiger charge is -2.10. The zero-order valence-corrected chi connectivity index (χ0v) is 12.7. The number of anilines is 1. The minimum atomic E-state index is 0.624. The van der Waals surface area contributed by atoms with Gasteiger partial charge < -0.3 is 10.6 Å². The van der Waals surface area contributed by atoms with Crippen LogP contribution in [0.2, 0.25) is 0 Å². The highest BCUT2D eigenvalue weighted by Crippen LogP contribution is 2.09. The zero-order chi connectivity index (χ0) is 14.4. The van der Waals surface area contributed by atoms with Crippen molar-refractivity contribution in [1.82, 2.24) is 15.1 Å². The molecule has 1 aromatic carbocycles. The van der Waals surface area contributed by atoms with Crippen LogP contribution in [-0.4, -0.2) is 14.9 Å². The molecule has 20 heavy (non-hydrogen) atoms. The minimum Gasteiger partial charge on any atom is -0.358 e. The lowest BCUT2D eigenvalue weighted by molar-refractivity contribution is 0.659. The zero-order valence-electron chi connectivity index (χ0n) is 11.9. The molecular formula is C15H20N4S. The summed E-state index contributed by atoms with van der Waals surface area (Å²) in [4.78, 5) is 0. The van der Waals surface area contributed by atoms with E-state index in [4.69, 9.17) is 12.2 Å². The van der Waals surface area contributed by atoms with Crippen LogP contribution in [0.25, 0.3) is 0 Å². The van der Waals surface area contributed by atoms with Gasteiger partial charge in [0.15, 0.2) is 5.11 Å². The Hall–Kier alpha value is -1.88. The van der Waals surface area contributed by atoms with Gasteiger partial charge in [0, 0.05) is 30.5 Å². The number of benzene rings is 1. The number of aryl methyl sites for hydroxylation is 2. The lowest BCUT2D eigenvalue weighted by atomic mass is 10.1. The molecule has 2 aromatic rings. The third-order valence-corrected chi connectivity index (χ3v) is 3.33. The van der Waals surface area contributed by atoms with Crippen molar-refractivity contribution in [3.63, 3.8) is 0 Å². The van der Waals surface area contributed by atoms with E-state index < -0.39 is 0 Å². The van der Waals surface area contributed by atoms with Crippen LogP contribution in [0, 0.1) is 0 Å². The smallest absolute Gasteiger partial charge is 0.171 e. The highest BCUT2D eigenvalue weighted by Gasteiger charge is 2.00. The van der Waals surface area contributed by atoms with Gasteiger partial charge in [-0.1, -0.05) is 19.1 Å². The van der Waals surface area contributed by atoms with Gasteiger partial charge in [-0.2, -0.15) is 5.10 Å². The standard InChI is InChI=1S/C15H20N4S/c1-3-12-5-7-14(8-6-12)18-15(20)16-9-13-10-17-19(4-2)11-13/h5-8,10-11H,3-4,9H2,1-2H3,(H2,16,18,20). The van der Waals surface area contributed by atoms with Gasteiger partial charge in [0.1, 0.15) is 0 Å². The molecule has 0 spiro atoms. The molecule has 0 saturated heterocycles. The Morgan fingerprint density at radius 3 is 2.55 bits per heavy atom. The van der Waals surface area contributed by atoms with E-state index in [0.717, 1.165) is 24.2 Å². The molecule has 106 valence electrons. The molecule has 0 atom stereocenters. The predicted molar refractivity (Wildman–Crippen MR) is 86.8 cm³/mol. The summed E-state index contributed by atoms with van der Waals surface area (Å²) in [6.07, 6.45) is 4.92. The maximum absolute atomic E-state index is 5.28. The largest absolute Gasteiger partial charge is 0.358 e. The molecule has 0 fully saturated rings. The van der Waals surface area contributed by atoms with Gasteiger partial charge in [0.2, 0.25) is 0 Å². The quantitative estimate of drug-likeness (QED) is 0.830. The van der Waals surface area contributed by atoms with Crippen LogP contribution < -0.4 is 10.6 Å². The minimum absolute atomic E-state index is 0.624. The van der Waals surface area contributed by atoms with Crippen LogP contribution in [0.15, 0.2) is 36.7 Å². The van der Waals surface area contributed by atoms with Gasteiger partial charge >= 0.3 is 0 Å². The van der Waals surface area contributed by atoms with Gasteiger partial charge in [0.05, 0.1) is 6.20 Å². The molecule has 1 aromatic heterocycles. The molecular weight excluding hydrogens is 268 g/mol. The summed E-state index contributed by atoms with van der Waals surface area (Å²) < 4.78 is 1.90. The number of hydrogen-bond donors (Lipinski definition) is 2. The average Bonchev–Trinajstić information content (AvgIpc) is 2.94. The summed E-state index contributed by atoms with van der Waals surface area (Å²) in [5.41, 5.74) is 3.45. The van der Waals surface area contributed by atoms with E-state index in [0.29, 0.717) is 11.7 Å². The van der Waals surface area contributed by atoms with Crippen molar-refractivity contribution in [3.05, 3.63) is 47.8 Å². The molecule has 0 unspecified atom stereocenters. The normalized spacial score (nSPS) is 10.3. The topological polar surface area (TPSA) is 41.9 Å². The van der Waals surface area contributed by atoms with E-state index >= 15 is 0 Å². The van der Waals surface area contributed by atoms with Crippen molar-refractivity contribution >= 4 is 23.0 Å². The van der Waals surface area contributed by atoms with Gasteiger partial charge in [-0.3, -0.25) is 4.68 Å². The summed E-state index contributed by atoms with van der Waals surface area (Å²) in [5, 5.41) is 11.2. The molecule has 0 aliphatic carbocycles. The Bertz CT molecular complexity index is 560. The first-order valence-electron chi connectivity index (χ1n) is 6.86. The van der Waals surface area contributed by atoms with Crippen LogP contribution >= 0.6 is 12.2 Å². The third-order valence-electron chi connectivity index (χ3n) is 3.08. The second-order valence-corrected chi connectivity index (χ2v) is 4.97. The van der Waals surface area contributed by atoms with Gasteiger partial charge in [-0.25, -0.2) is 0 Å². The maximum Gasteiger partial charge on any atom is 0.171 e. The van der Waals surface area contributed by atoms with E-state index in [2.05, 4.69) is 41.7 Å². The van der Waals surface area contributed by atoms with Crippen molar-refractivity contribution in [2.24, 2.45) is 0 Å². The SMILES string of the molecule is CCc1ccc(NC(=S)NCc2cnn(CC)c2)cc1. The number of aromatic nitrogens is 2. The summed E-state index contributed by atoms with van der Waals surface area (Å²) in [6.45, 7) is 5.77. The molecule has 4 nitrogen and oxygen atoms in total. The molecule has 0 radical (unpaired) electrons. The first-order chi connectivity index (χ1) is 9.71. The number of thiocarbonyl (C=S) groups is 1. The van der Waals surface area contributed by atoms with Crippen molar-refractivity contribution < 1.29 is 0 Å². The second kappa shape index (κ2) is 7.05. The lowest BCUT2D eigenvalue weighted by Crippen LogP contribution is -2.27. The molecule has 2 N–H and O–H groups in total. The molecule has 1 heterocycles. The fourth-order valence-electron chi connectivity index (χ4n) is 1.85. The Morgan fingerprint density at radius 1 is 1.20 bits per heavy atom. The molecule has 0 amide bonds. The Kier molecular flexibility index (Phi) is 5.12. The van der Waals surface area contributed by atoms with Crippen LogP contribution in [0.4, 0.5) is 5.69 Å². The highest BCUT2D eigenvalue weighted by atomic mass is 32.1. The Balaban J connectivity index is 1.82. The number of rotatable bonds is 5. The second-order valence-electron chi connectivity index (χ2n) is 4.56. The molecule has 2 rings (SSSR count). The molecule has 0 saturated carbocycles. The van der Waals surface area contributed by atoms with Crippen molar-refractivity contribution in [3.8, 4) is 0 Å². The molecule has 0 bridgehead atoms. The first kappa shape index (κ1) is 14.5. The number of nitrogens with one attached hydrogen (secondary N) is 2. The molecule has 0 aliphatic heterocycles. The van der Waals surface area contributed by atoms with Gasteiger partial charge in [0.25, 0.3) is 0 Å². The summed E-state index contributed by atoms with van der Waals surface area (Å²) >= 11 is 5.28. The number of nitrogens with zero attached hydrogens (tertiary/aromatic N) is 2. The van der Waals surface area contributed by atoms with Crippen LogP contribution in [-0.2, 0) is 19.5 Å².